The summed E-state index contributed by atoms with van der Waals surface area (Å²) < 4.78 is 5.51. The molecule has 3 aliphatic carbocycles. The number of Topliss-reactive ketones (excluding diaryl/α,β-unsaturated/α-hetero) is 4. The number of ketones is 4. The smallest absolute Gasteiger partial charge is 0.235 e. The molecule has 7 atom stereocenters. The maximum Gasteiger partial charge on any atom is 0.235 e. The van der Waals surface area contributed by atoms with Crippen LogP contribution in [-0.4, -0.2) is 83.1 Å². The van der Waals surface area contributed by atoms with Crippen molar-refractivity contribution >= 4 is 29.0 Å². The summed E-state index contributed by atoms with van der Waals surface area (Å²) in [6, 6.07) is 2.09. The summed E-state index contributed by atoms with van der Waals surface area (Å²) in [7, 11) is 3.12. The second kappa shape index (κ2) is 8.04. The van der Waals surface area contributed by atoms with Crippen LogP contribution in [0, 0.1) is 23.7 Å². The SMILES string of the molecule is CN(C)C1C(=O)C(C(N)=O)C(=O)C2(O)C(=O)C3C(=O)c4c(O)ccc(C5CCOC5)c4CC3CC12. The fraction of sp³-hybridized carbons (Fsp3) is 0.560. The molecule has 35 heavy (non-hydrogen) atoms. The van der Waals surface area contributed by atoms with Crippen molar-refractivity contribution in [3.8, 4) is 5.75 Å². The summed E-state index contributed by atoms with van der Waals surface area (Å²) in [5.74, 6) is -10.2. The monoisotopic (exact) mass is 484 g/mol. The first kappa shape index (κ1) is 23.8. The van der Waals surface area contributed by atoms with E-state index in [-0.39, 0.29) is 30.1 Å². The van der Waals surface area contributed by atoms with Crippen molar-refractivity contribution in [2.75, 3.05) is 27.3 Å². The molecule has 10 heteroatoms. The average Bonchev–Trinajstić information content (AvgIpc) is 3.30. The molecule has 5 rings (SSSR count). The van der Waals surface area contributed by atoms with E-state index >= 15 is 0 Å². The number of nitrogens with two attached hydrogens (primary N) is 1. The molecule has 1 amide bonds. The van der Waals surface area contributed by atoms with E-state index in [1.807, 2.05) is 0 Å². The number of phenolic OH excluding ortho intramolecular Hbond substituents is 1. The van der Waals surface area contributed by atoms with Crippen molar-refractivity contribution in [1.29, 1.82) is 0 Å². The maximum atomic E-state index is 13.8. The highest BCUT2D eigenvalue weighted by Crippen LogP contribution is 2.51. The molecule has 1 aromatic rings. The number of fused-ring (bicyclic) bond motifs is 3. The Kier molecular flexibility index (Phi) is 5.46. The van der Waals surface area contributed by atoms with Crippen LogP contribution in [0.4, 0.5) is 0 Å². The van der Waals surface area contributed by atoms with Crippen LogP contribution in [0.1, 0.15) is 40.2 Å². The number of hydrogen-bond acceptors (Lipinski definition) is 9. The predicted octanol–water partition coefficient (Wildman–Crippen LogP) is -0.629. The number of aliphatic hydroxyl groups is 1. The number of benzene rings is 1. The van der Waals surface area contributed by atoms with E-state index in [0.29, 0.717) is 18.8 Å². The first-order valence-electron chi connectivity index (χ1n) is 11.8. The van der Waals surface area contributed by atoms with Crippen LogP contribution in [0.2, 0.25) is 0 Å². The molecule has 2 saturated carbocycles. The molecule has 0 spiro atoms. The van der Waals surface area contributed by atoms with Crippen LogP contribution in [0.5, 0.6) is 5.75 Å². The van der Waals surface area contributed by atoms with Gasteiger partial charge in [-0.2, -0.15) is 0 Å². The number of carbonyl (C=O) groups excluding carboxylic acids is 5. The van der Waals surface area contributed by atoms with Crippen LogP contribution in [0.15, 0.2) is 12.1 Å². The second-order valence-corrected chi connectivity index (χ2v) is 10.4. The van der Waals surface area contributed by atoms with Gasteiger partial charge < -0.3 is 20.7 Å². The molecule has 0 bridgehead atoms. The number of nitrogens with zero attached hydrogens (tertiary/aromatic N) is 1. The Morgan fingerprint density at radius 1 is 1.17 bits per heavy atom. The van der Waals surface area contributed by atoms with Gasteiger partial charge in [-0.25, -0.2) is 0 Å². The molecule has 1 aromatic carbocycles. The molecule has 1 saturated heterocycles. The summed E-state index contributed by atoms with van der Waals surface area (Å²) in [5, 5.41) is 22.1. The summed E-state index contributed by atoms with van der Waals surface area (Å²) in [6.45, 7) is 1.07. The van der Waals surface area contributed by atoms with Gasteiger partial charge in [0.05, 0.1) is 24.1 Å². The van der Waals surface area contributed by atoms with Gasteiger partial charge >= 0.3 is 0 Å². The zero-order valence-electron chi connectivity index (χ0n) is 19.5. The fourth-order valence-corrected chi connectivity index (χ4v) is 6.79. The Morgan fingerprint density at radius 3 is 2.49 bits per heavy atom. The average molecular weight is 485 g/mol. The molecule has 1 heterocycles. The number of phenols is 1. The lowest BCUT2D eigenvalue weighted by Crippen LogP contribution is -2.74. The number of ether oxygens (including phenoxy) is 1. The molecular formula is C25H28N2O8. The third-order valence-corrected chi connectivity index (χ3v) is 8.35. The molecule has 4 N–H and O–H groups in total. The minimum atomic E-state index is -2.70. The maximum absolute atomic E-state index is 13.8. The predicted molar refractivity (Wildman–Crippen MR) is 120 cm³/mol. The lowest BCUT2D eigenvalue weighted by Gasteiger charge is -2.52. The molecular weight excluding hydrogens is 456 g/mol. The number of likely N-dealkylation sites (N-methyl/N-ethyl adjacent to an activating group) is 1. The number of rotatable bonds is 3. The minimum absolute atomic E-state index is 0.0287. The van der Waals surface area contributed by atoms with Crippen LogP contribution < -0.4 is 5.73 Å². The van der Waals surface area contributed by atoms with E-state index in [9.17, 15) is 34.2 Å². The summed E-state index contributed by atoms with van der Waals surface area (Å²) in [6.07, 6.45) is 1.08. The van der Waals surface area contributed by atoms with Crippen LogP contribution in [0.3, 0.4) is 0 Å². The standard InChI is InChI=1S/C25H28N2O8/c1-27(2)19-14-8-11-7-13-12(10-5-6-35-9-10)3-4-15(28)17(13)20(29)16(11)22(31)25(14,34)23(32)18(21(19)30)24(26)33/h3-4,10-11,14,16,18-19,28,34H,5-9H2,1-2H3,(H2,26,33). The lowest BCUT2D eigenvalue weighted by atomic mass is 9.52. The number of amides is 1. The quantitative estimate of drug-likeness (QED) is 0.474. The first-order valence-corrected chi connectivity index (χ1v) is 11.8. The van der Waals surface area contributed by atoms with Crippen molar-refractivity contribution in [3.05, 3.63) is 28.8 Å². The summed E-state index contributed by atoms with van der Waals surface area (Å²) >= 11 is 0. The van der Waals surface area contributed by atoms with E-state index in [1.165, 1.54) is 11.0 Å². The minimum Gasteiger partial charge on any atom is -0.507 e. The second-order valence-electron chi connectivity index (χ2n) is 10.4. The van der Waals surface area contributed by atoms with Crippen molar-refractivity contribution in [2.45, 2.75) is 36.8 Å². The Morgan fingerprint density at radius 2 is 1.89 bits per heavy atom. The van der Waals surface area contributed by atoms with Crippen molar-refractivity contribution in [1.82, 2.24) is 4.90 Å². The Labute approximate surface area is 201 Å². The summed E-state index contributed by atoms with van der Waals surface area (Å²) in [4.78, 5) is 67.3. The van der Waals surface area contributed by atoms with Gasteiger partial charge in [0.15, 0.2) is 34.7 Å². The van der Waals surface area contributed by atoms with E-state index in [0.717, 1.165) is 12.0 Å². The van der Waals surface area contributed by atoms with Crippen molar-refractivity contribution in [2.24, 2.45) is 29.4 Å². The topological polar surface area (TPSA) is 164 Å². The fourth-order valence-electron chi connectivity index (χ4n) is 6.79. The number of carbonyl (C=O) groups is 5. The lowest BCUT2D eigenvalue weighted by molar-refractivity contribution is -0.181. The zero-order chi connectivity index (χ0) is 25.4. The van der Waals surface area contributed by atoms with Gasteiger partial charge in [0.2, 0.25) is 5.91 Å². The third-order valence-electron chi connectivity index (χ3n) is 8.35. The molecule has 4 aliphatic rings. The molecule has 10 nitrogen and oxygen atoms in total. The highest BCUT2D eigenvalue weighted by molar-refractivity contribution is 6.32. The number of primary amides is 1. The first-order chi connectivity index (χ1) is 16.5. The zero-order valence-corrected chi connectivity index (χ0v) is 19.5. The van der Waals surface area contributed by atoms with Crippen molar-refractivity contribution in [3.63, 3.8) is 0 Å². The van der Waals surface area contributed by atoms with Gasteiger partial charge in [0, 0.05) is 18.4 Å². The van der Waals surface area contributed by atoms with Gasteiger partial charge in [-0.05, 0) is 56.5 Å². The molecule has 1 aliphatic heterocycles. The number of hydrogen-bond donors (Lipinski definition) is 3. The van der Waals surface area contributed by atoms with Gasteiger partial charge in [-0.1, -0.05) is 6.07 Å². The molecule has 3 fully saturated rings. The largest absolute Gasteiger partial charge is 0.507 e. The van der Waals surface area contributed by atoms with Crippen LogP contribution in [-0.2, 0) is 30.3 Å². The van der Waals surface area contributed by atoms with Crippen LogP contribution >= 0.6 is 0 Å². The van der Waals surface area contributed by atoms with E-state index in [4.69, 9.17) is 10.5 Å². The van der Waals surface area contributed by atoms with E-state index in [2.05, 4.69) is 0 Å². The third kappa shape index (κ3) is 3.16. The van der Waals surface area contributed by atoms with Crippen molar-refractivity contribution < 1.29 is 38.9 Å². The molecule has 7 unspecified atom stereocenters. The van der Waals surface area contributed by atoms with Gasteiger partial charge in [-0.3, -0.25) is 28.9 Å². The number of aromatic hydroxyl groups is 1. The van der Waals surface area contributed by atoms with Gasteiger partial charge in [-0.15, -0.1) is 0 Å². The van der Waals surface area contributed by atoms with Gasteiger partial charge in [0.1, 0.15) is 5.75 Å². The normalized spacial score (nSPS) is 36.7. The van der Waals surface area contributed by atoms with E-state index in [1.54, 1.807) is 20.2 Å². The van der Waals surface area contributed by atoms with E-state index < -0.39 is 64.4 Å². The molecule has 0 radical (unpaired) electrons. The Balaban J connectivity index is 1.63. The Bertz CT molecular complexity index is 1170. The highest BCUT2D eigenvalue weighted by atomic mass is 16.5. The Hall–Kier alpha value is -2.95. The van der Waals surface area contributed by atoms with Crippen LogP contribution in [0.25, 0.3) is 0 Å². The molecule has 186 valence electrons. The summed E-state index contributed by atoms with van der Waals surface area (Å²) in [5.41, 5.74) is 4.17. The highest BCUT2D eigenvalue weighted by Gasteiger charge is 2.69. The molecule has 0 aromatic heterocycles. The van der Waals surface area contributed by atoms with Gasteiger partial charge in [0.25, 0.3) is 0 Å².